The van der Waals surface area contributed by atoms with Crippen LogP contribution in [0.1, 0.15) is 11.1 Å². The van der Waals surface area contributed by atoms with Gasteiger partial charge in [-0.25, -0.2) is 4.79 Å². The molecule has 1 atom stereocenters. The van der Waals surface area contributed by atoms with E-state index in [0.717, 1.165) is 22.9 Å². The fourth-order valence-electron chi connectivity index (χ4n) is 2.49. The van der Waals surface area contributed by atoms with Gasteiger partial charge in [0.05, 0.1) is 4.91 Å². The third-order valence-corrected chi connectivity index (χ3v) is 5.00. The van der Waals surface area contributed by atoms with Crippen molar-refractivity contribution in [3.63, 3.8) is 0 Å². The molecule has 1 aliphatic heterocycles. The maximum Gasteiger partial charge on any atom is 0.327 e. The predicted octanol–water partition coefficient (Wildman–Crippen LogP) is 2.98. The lowest BCUT2D eigenvalue weighted by Gasteiger charge is -2.23. The fraction of sp³-hybridized carbons (Fsp3) is 0.111. The Hall–Kier alpha value is -2.51. The number of aromatic nitrogens is 1. The number of amides is 1. The van der Waals surface area contributed by atoms with E-state index in [9.17, 15) is 14.7 Å². The highest BCUT2D eigenvalue weighted by atomic mass is 32.2. The Balaban J connectivity index is 1.87. The molecule has 0 radical (unpaired) electrons. The molecule has 5 nitrogen and oxygen atoms in total. The summed E-state index contributed by atoms with van der Waals surface area (Å²) in [4.78, 5) is 30.1. The van der Waals surface area contributed by atoms with E-state index < -0.39 is 12.0 Å². The van der Waals surface area contributed by atoms with Crippen LogP contribution in [0.4, 0.5) is 0 Å². The number of pyridine rings is 1. The zero-order chi connectivity index (χ0) is 17.8. The van der Waals surface area contributed by atoms with Gasteiger partial charge in [0.15, 0.2) is 0 Å². The van der Waals surface area contributed by atoms with Crippen LogP contribution in [-0.4, -0.2) is 37.2 Å². The smallest absolute Gasteiger partial charge is 0.327 e. The molecule has 1 N–H and O–H groups in total. The molecule has 3 rings (SSSR count). The molecular formula is C18H14N2O3S2. The number of hydrogen-bond donors (Lipinski definition) is 1. The Kier molecular flexibility index (Phi) is 5.25. The highest BCUT2D eigenvalue weighted by Gasteiger charge is 2.40. The van der Waals surface area contributed by atoms with Crippen molar-refractivity contribution in [2.24, 2.45) is 0 Å². The second-order valence-electron chi connectivity index (χ2n) is 5.38. The van der Waals surface area contributed by atoms with E-state index in [-0.39, 0.29) is 16.6 Å². The van der Waals surface area contributed by atoms with Gasteiger partial charge in [-0.05, 0) is 23.3 Å². The number of carboxylic acids is 1. The average Bonchev–Trinajstić information content (AvgIpc) is 2.88. The topological polar surface area (TPSA) is 70.5 Å². The van der Waals surface area contributed by atoms with E-state index in [2.05, 4.69) is 4.98 Å². The summed E-state index contributed by atoms with van der Waals surface area (Å²) in [6.07, 6.45) is 5.14. The van der Waals surface area contributed by atoms with Crippen molar-refractivity contribution in [1.82, 2.24) is 9.88 Å². The first kappa shape index (κ1) is 17.3. The zero-order valence-electron chi connectivity index (χ0n) is 13.0. The fourth-order valence-corrected chi connectivity index (χ4v) is 3.84. The van der Waals surface area contributed by atoms with Gasteiger partial charge in [0.2, 0.25) is 0 Å². The summed E-state index contributed by atoms with van der Waals surface area (Å²) in [5.41, 5.74) is 1.60. The minimum atomic E-state index is -1.08. The minimum absolute atomic E-state index is 0.197. The number of aliphatic carboxylic acids is 1. The van der Waals surface area contributed by atoms with Gasteiger partial charge in [-0.2, -0.15) is 0 Å². The average molecular weight is 370 g/mol. The van der Waals surface area contributed by atoms with Gasteiger partial charge >= 0.3 is 5.97 Å². The molecule has 0 spiro atoms. The normalized spacial score (nSPS) is 17.1. The number of carbonyl (C=O) groups excluding carboxylic acids is 1. The number of rotatable bonds is 5. The molecule has 1 aliphatic rings. The molecule has 2 heterocycles. The lowest BCUT2D eigenvalue weighted by atomic mass is 10.0. The molecule has 1 aromatic heterocycles. The van der Waals surface area contributed by atoms with Crippen LogP contribution in [-0.2, 0) is 16.0 Å². The lowest BCUT2D eigenvalue weighted by molar-refractivity contribution is -0.145. The van der Waals surface area contributed by atoms with Crippen molar-refractivity contribution in [3.8, 4) is 0 Å². The summed E-state index contributed by atoms with van der Waals surface area (Å²) < 4.78 is 0.253. The molecule has 1 aromatic carbocycles. The van der Waals surface area contributed by atoms with Crippen LogP contribution in [0.15, 0.2) is 59.8 Å². The van der Waals surface area contributed by atoms with E-state index in [1.807, 2.05) is 36.4 Å². The second-order valence-corrected chi connectivity index (χ2v) is 7.06. The molecule has 0 bridgehead atoms. The molecule has 0 unspecified atom stereocenters. The molecular weight excluding hydrogens is 356 g/mol. The van der Waals surface area contributed by atoms with E-state index in [1.165, 1.54) is 4.90 Å². The highest BCUT2D eigenvalue weighted by Crippen LogP contribution is 2.34. The summed E-state index contributed by atoms with van der Waals surface area (Å²) >= 11 is 6.38. The summed E-state index contributed by atoms with van der Waals surface area (Å²) in [6, 6.07) is 11.7. The molecule has 2 aromatic rings. The standard InChI is InChI=1S/C18H14N2O3S2/c21-16-15(10-13-7-4-8-19-11-13)25-18(24)20(16)14(17(22)23)9-12-5-2-1-3-6-12/h1-8,10-11,14H,9H2,(H,22,23)/b15-10-/t14-/m0/s1. The molecule has 1 fully saturated rings. The summed E-state index contributed by atoms with van der Waals surface area (Å²) in [7, 11) is 0. The van der Waals surface area contributed by atoms with Crippen molar-refractivity contribution in [2.45, 2.75) is 12.5 Å². The Bertz CT molecular complexity index is 838. The van der Waals surface area contributed by atoms with Gasteiger partial charge in [0, 0.05) is 18.8 Å². The van der Waals surface area contributed by atoms with Crippen molar-refractivity contribution < 1.29 is 14.7 Å². The number of carboxylic acid groups (broad SMARTS) is 1. The largest absolute Gasteiger partial charge is 0.480 e. The van der Waals surface area contributed by atoms with Crippen LogP contribution in [0.2, 0.25) is 0 Å². The van der Waals surface area contributed by atoms with Crippen LogP contribution in [0.25, 0.3) is 6.08 Å². The summed E-state index contributed by atoms with van der Waals surface area (Å²) in [5, 5.41) is 9.61. The van der Waals surface area contributed by atoms with Crippen LogP contribution in [0, 0.1) is 0 Å². The highest BCUT2D eigenvalue weighted by molar-refractivity contribution is 8.26. The quantitative estimate of drug-likeness (QED) is 0.645. The predicted molar refractivity (Wildman–Crippen MR) is 101 cm³/mol. The van der Waals surface area contributed by atoms with Crippen LogP contribution >= 0.6 is 24.0 Å². The van der Waals surface area contributed by atoms with Crippen molar-refractivity contribution >= 4 is 46.3 Å². The van der Waals surface area contributed by atoms with E-state index >= 15 is 0 Å². The maximum atomic E-state index is 12.7. The summed E-state index contributed by atoms with van der Waals surface area (Å²) in [5.74, 6) is -1.47. The van der Waals surface area contributed by atoms with Crippen molar-refractivity contribution in [3.05, 3.63) is 70.9 Å². The number of hydrogen-bond acceptors (Lipinski definition) is 5. The van der Waals surface area contributed by atoms with Gasteiger partial charge < -0.3 is 5.11 Å². The number of thiocarbonyl (C=S) groups is 1. The number of nitrogens with zero attached hydrogens (tertiary/aromatic N) is 2. The molecule has 0 saturated carbocycles. The molecule has 1 amide bonds. The van der Waals surface area contributed by atoms with Gasteiger partial charge in [-0.1, -0.05) is 60.4 Å². The summed E-state index contributed by atoms with van der Waals surface area (Å²) in [6.45, 7) is 0. The third kappa shape index (κ3) is 3.94. The number of carbonyl (C=O) groups is 2. The van der Waals surface area contributed by atoms with Crippen molar-refractivity contribution in [2.75, 3.05) is 0 Å². The molecule has 1 saturated heterocycles. The number of benzene rings is 1. The monoisotopic (exact) mass is 370 g/mol. The minimum Gasteiger partial charge on any atom is -0.480 e. The first-order valence-electron chi connectivity index (χ1n) is 7.50. The van der Waals surface area contributed by atoms with E-state index in [0.29, 0.717) is 4.91 Å². The van der Waals surface area contributed by atoms with Gasteiger partial charge in [0.1, 0.15) is 10.4 Å². The lowest BCUT2D eigenvalue weighted by Crippen LogP contribution is -2.45. The van der Waals surface area contributed by atoms with E-state index in [1.54, 1.807) is 24.5 Å². The second kappa shape index (κ2) is 7.58. The van der Waals surface area contributed by atoms with Crippen LogP contribution in [0.5, 0.6) is 0 Å². The third-order valence-electron chi connectivity index (χ3n) is 3.67. The Labute approximate surface area is 154 Å². The van der Waals surface area contributed by atoms with Gasteiger partial charge in [0.25, 0.3) is 5.91 Å². The molecule has 25 heavy (non-hydrogen) atoms. The van der Waals surface area contributed by atoms with Gasteiger partial charge in [-0.3, -0.25) is 14.7 Å². The molecule has 0 aliphatic carbocycles. The maximum absolute atomic E-state index is 12.7. The zero-order valence-corrected chi connectivity index (χ0v) is 14.7. The molecule has 7 heteroatoms. The Morgan fingerprint density at radius 3 is 2.68 bits per heavy atom. The van der Waals surface area contributed by atoms with Crippen LogP contribution < -0.4 is 0 Å². The van der Waals surface area contributed by atoms with E-state index in [4.69, 9.17) is 12.2 Å². The van der Waals surface area contributed by atoms with Gasteiger partial charge in [-0.15, -0.1) is 0 Å². The SMILES string of the molecule is O=C(O)[C@H](Cc1ccccc1)N1C(=O)/C(=C/c2cccnc2)SC1=S. The Morgan fingerprint density at radius 2 is 2.04 bits per heavy atom. The van der Waals surface area contributed by atoms with Crippen LogP contribution in [0.3, 0.4) is 0 Å². The first-order chi connectivity index (χ1) is 12.1. The Morgan fingerprint density at radius 1 is 1.28 bits per heavy atom. The first-order valence-corrected chi connectivity index (χ1v) is 8.72. The molecule has 126 valence electrons. The van der Waals surface area contributed by atoms with Crippen molar-refractivity contribution in [1.29, 1.82) is 0 Å². The number of thioether (sulfide) groups is 1.